The molecule has 1 N–H and O–H groups in total. The van der Waals surface area contributed by atoms with Gasteiger partial charge >= 0.3 is 0 Å². The standard InChI is InChI=1S/C20H32N2O3/c1-15-7-5-6-8-17(15)21-20(23)14-22(2)12-11-16-9-10-18(24-3)19(13-16)25-4/h9-10,13,15,17H,5-8,11-12,14H2,1-4H3,(H,21,23)/t15-,17-/m0/s1. The van der Waals surface area contributed by atoms with Gasteiger partial charge in [0.25, 0.3) is 0 Å². The van der Waals surface area contributed by atoms with E-state index in [-0.39, 0.29) is 5.91 Å². The van der Waals surface area contributed by atoms with Gasteiger partial charge in [0.15, 0.2) is 11.5 Å². The van der Waals surface area contributed by atoms with Gasteiger partial charge in [0.1, 0.15) is 0 Å². The van der Waals surface area contributed by atoms with E-state index in [1.54, 1.807) is 14.2 Å². The molecule has 1 aromatic carbocycles. The summed E-state index contributed by atoms with van der Waals surface area (Å²) < 4.78 is 10.6. The Morgan fingerprint density at radius 2 is 1.92 bits per heavy atom. The summed E-state index contributed by atoms with van der Waals surface area (Å²) >= 11 is 0. The number of ether oxygens (including phenoxy) is 2. The third-order valence-electron chi connectivity index (χ3n) is 5.10. The van der Waals surface area contributed by atoms with Crippen LogP contribution in [-0.4, -0.2) is 51.2 Å². The summed E-state index contributed by atoms with van der Waals surface area (Å²) in [5, 5.41) is 3.21. The van der Waals surface area contributed by atoms with Crippen LogP contribution in [0.1, 0.15) is 38.2 Å². The van der Waals surface area contributed by atoms with Gasteiger partial charge in [-0.05, 0) is 49.9 Å². The van der Waals surface area contributed by atoms with E-state index in [2.05, 4.69) is 17.1 Å². The Hall–Kier alpha value is -1.75. The summed E-state index contributed by atoms with van der Waals surface area (Å²) in [6, 6.07) is 6.31. The number of benzene rings is 1. The minimum Gasteiger partial charge on any atom is -0.493 e. The van der Waals surface area contributed by atoms with E-state index in [9.17, 15) is 4.79 Å². The van der Waals surface area contributed by atoms with E-state index in [4.69, 9.17) is 9.47 Å². The molecule has 0 spiro atoms. The molecule has 0 bridgehead atoms. The molecule has 2 rings (SSSR count). The fourth-order valence-electron chi connectivity index (χ4n) is 3.46. The number of hydrogen-bond donors (Lipinski definition) is 1. The molecule has 1 fully saturated rings. The average molecular weight is 348 g/mol. The van der Waals surface area contributed by atoms with Crippen molar-refractivity contribution in [3.63, 3.8) is 0 Å². The number of rotatable bonds is 8. The molecular weight excluding hydrogens is 316 g/mol. The van der Waals surface area contributed by atoms with Gasteiger partial charge in [-0.3, -0.25) is 9.69 Å². The predicted molar refractivity (Wildman–Crippen MR) is 100 cm³/mol. The Morgan fingerprint density at radius 1 is 1.20 bits per heavy atom. The topological polar surface area (TPSA) is 50.8 Å². The second-order valence-electron chi connectivity index (χ2n) is 7.11. The van der Waals surface area contributed by atoms with E-state index in [0.29, 0.717) is 18.5 Å². The quantitative estimate of drug-likeness (QED) is 0.785. The van der Waals surface area contributed by atoms with Gasteiger partial charge < -0.3 is 14.8 Å². The Kier molecular flexibility index (Phi) is 7.56. The van der Waals surface area contributed by atoms with E-state index >= 15 is 0 Å². The van der Waals surface area contributed by atoms with Crippen molar-refractivity contribution < 1.29 is 14.3 Å². The van der Waals surface area contributed by atoms with Crippen molar-refractivity contribution >= 4 is 5.91 Å². The van der Waals surface area contributed by atoms with Crippen molar-refractivity contribution in [2.24, 2.45) is 5.92 Å². The lowest BCUT2D eigenvalue weighted by Crippen LogP contribution is -2.45. The number of likely N-dealkylation sites (N-methyl/N-ethyl adjacent to an activating group) is 1. The lowest BCUT2D eigenvalue weighted by molar-refractivity contribution is -0.123. The number of hydrogen-bond acceptors (Lipinski definition) is 4. The highest BCUT2D eigenvalue weighted by atomic mass is 16.5. The van der Waals surface area contributed by atoms with Crippen LogP contribution in [0.4, 0.5) is 0 Å². The molecule has 25 heavy (non-hydrogen) atoms. The molecule has 1 saturated carbocycles. The van der Waals surface area contributed by atoms with Crippen LogP contribution in [0.3, 0.4) is 0 Å². The largest absolute Gasteiger partial charge is 0.493 e. The van der Waals surface area contributed by atoms with Crippen molar-refractivity contribution in [2.45, 2.75) is 45.1 Å². The van der Waals surface area contributed by atoms with Crippen LogP contribution in [0.15, 0.2) is 18.2 Å². The van der Waals surface area contributed by atoms with Crippen LogP contribution in [0, 0.1) is 5.92 Å². The van der Waals surface area contributed by atoms with Crippen molar-refractivity contribution in [2.75, 3.05) is 34.4 Å². The molecule has 1 aliphatic rings. The van der Waals surface area contributed by atoms with Crippen LogP contribution in [-0.2, 0) is 11.2 Å². The van der Waals surface area contributed by atoms with Crippen molar-refractivity contribution in [1.82, 2.24) is 10.2 Å². The van der Waals surface area contributed by atoms with Gasteiger partial charge in [-0.15, -0.1) is 0 Å². The summed E-state index contributed by atoms with van der Waals surface area (Å²) in [5.74, 6) is 2.20. The van der Waals surface area contributed by atoms with Crippen LogP contribution < -0.4 is 14.8 Å². The average Bonchev–Trinajstić information content (AvgIpc) is 2.61. The second kappa shape index (κ2) is 9.66. The van der Waals surface area contributed by atoms with E-state index in [1.165, 1.54) is 24.8 Å². The molecule has 0 aromatic heterocycles. The monoisotopic (exact) mass is 348 g/mol. The minimum absolute atomic E-state index is 0.133. The minimum atomic E-state index is 0.133. The molecular formula is C20H32N2O3. The molecule has 140 valence electrons. The molecule has 0 saturated heterocycles. The first-order chi connectivity index (χ1) is 12.0. The first-order valence-corrected chi connectivity index (χ1v) is 9.22. The fourth-order valence-corrected chi connectivity index (χ4v) is 3.46. The predicted octanol–water partition coefficient (Wildman–Crippen LogP) is 2.87. The van der Waals surface area contributed by atoms with E-state index in [0.717, 1.165) is 30.9 Å². The molecule has 0 aliphatic heterocycles. The lowest BCUT2D eigenvalue weighted by atomic mass is 9.86. The van der Waals surface area contributed by atoms with Gasteiger partial charge in [0.2, 0.25) is 5.91 Å². The van der Waals surface area contributed by atoms with E-state index in [1.807, 2.05) is 25.2 Å². The zero-order valence-corrected chi connectivity index (χ0v) is 16.0. The molecule has 5 nitrogen and oxygen atoms in total. The van der Waals surface area contributed by atoms with Crippen LogP contribution >= 0.6 is 0 Å². The second-order valence-corrected chi connectivity index (χ2v) is 7.11. The normalized spacial score (nSPS) is 20.4. The molecule has 2 atom stereocenters. The molecule has 5 heteroatoms. The summed E-state index contributed by atoms with van der Waals surface area (Å²) in [6.07, 6.45) is 5.72. The highest BCUT2D eigenvalue weighted by molar-refractivity contribution is 5.78. The number of amides is 1. The van der Waals surface area contributed by atoms with Crippen molar-refractivity contribution in [1.29, 1.82) is 0 Å². The number of carbonyl (C=O) groups excluding carboxylic acids is 1. The van der Waals surface area contributed by atoms with Crippen LogP contribution in [0.5, 0.6) is 11.5 Å². The van der Waals surface area contributed by atoms with Gasteiger partial charge in [0.05, 0.1) is 20.8 Å². The molecule has 1 aromatic rings. The Morgan fingerprint density at radius 3 is 2.60 bits per heavy atom. The Labute approximate surface area is 151 Å². The highest BCUT2D eigenvalue weighted by Gasteiger charge is 2.23. The number of nitrogens with zero attached hydrogens (tertiary/aromatic N) is 1. The number of nitrogens with one attached hydrogen (secondary N) is 1. The third kappa shape index (κ3) is 5.92. The lowest BCUT2D eigenvalue weighted by Gasteiger charge is -2.30. The summed E-state index contributed by atoms with van der Waals surface area (Å²) in [7, 11) is 5.27. The smallest absolute Gasteiger partial charge is 0.234 e. The van der Waals surface area contributed by atoms with Gasteiger partial charge in [-0.2, -0.15) is 0 Å². The fraction of sp³-hybridized carbons (Fsp3) is 0.650. The van der Waals surface area contributed by atoms with Crippen molar-refractivity contribution in [3.05, 3.63) is 23.8 Å². The third-order valence-corrected chi connectivity index (χ3v) is 5.10. The maximum atomic E-state index is 12.3. The maximum Gasteiger partial charge on any atom is 0.234 e. The van der Waals surface area contributed by atoms with Crippen LogP contribution in [0.25, 0.3) is 0 Å². The van der Waals surface area contributed by atoms with Gasteiger partial charge in [0, 0.05) is 12.6 Å². The summed E-state index contributed by atoms with van der Waals surface area (Å²) in [6.45, 7) is 3.50. The summed E-state index contributed by atoms with van der Waals surface area (Å²) in [4.78, 5) is 14.3. The SMILES string of the molecule is COc1ccc(CCN(C)CC(=O)N[C@H]2CCCC[C@@H]2C)cc1OC. The Balaban J connectivity index is 1.78. The maximum absolute atomic E-state index is 12.3. The first kappa shape index (κ1) is 19.6. The van der Waals surface area contributed by atoms with Gasteiger partial charge in [-0.25, -0.2) is 0 Å². The number of methoxy groups -OCH3 is 2. The number of carbonyl (C=O) groups is 1. The molecule has 0 heterocycles. The first-order valence-electron chi connectivity index (χ1n) is 9.22. The molecule has 0 unspecified atom stereocenters. The molecule has 0 radical (unpaired) electrons. The van der Waals surface area contributed by atoms with Crippen LogP contribution in [0.2, 0.25) is 0 Å². The molecule has 1 amide bonds. The summed E-state index contributed by atoms with van der Waals surface area (Å²) in [5.41, 5.74) is 1.17. The van der Waals surface area contributed by atoms with Crippen molar-refractivity contribution in [3.8, 4) is 11.5 Å². The zero-order valence-electron chi connectivity index (χ0n) is 16.0. The molecule has 1 aliphatic carbocycles. The highest BCUT2D eigenvalue weighted by Crippen LogP contribution is 2.27. The van der Waals surface area contributed by atoms with E-state index < -0.39 is 0 Å². The Bertz CT molecular complexity index is 562. The zero-order chi connectivity index (χ0) is 18.2. The van der Waals surface area contributed by atoms with Gasteiger partial charge in [-0.1, -0.05) is 25.8 Å².